The summed E-state index contributed by atoms with van der Waals surface area (Å²) < 4.78 is 0. The van der Waals surface area contributed by atoms with E-state index in [1.54, 1.807) is 0 Å². The third-order valence-corrected chi connectivity index (χ3v) is 3.26. The van der Waals surface area contributed by atoms with Crippen LogP contribution in [0.15, 0.2) is 89.6 Å². The fourth-order valence-electron chi connectivity index (χ4n) is 1.98. The highest BCUT2D eigenvalue weighted by Crippen LogP contribution is 2.00. The van der Waals surface area contributed by atoms with Gasteiger partial charge in [0.1, 0.15) is 0 Å². The Morgan fingerprint density at radius 1 is 0.885 bits per heavy atom. The standard InChI is InChI=1S/C9H15N.C9H12.C7H8/c1-5-6-9(4)10-7-8(2)3;1-2-6-9-7-4-3-5-8-9;1-7-5-3-2-4-6-7/h5-7H,1-4H3;3-5,7-8H,2,6H2,1H3;2-6H,1H3/b6-5-,10-9?;;. The first-order valence-electron chi connectivity index (χ1n) is 9.35. The molecule has 140 valence electrons. The Morgan fingerprint density at radius 2 is 1.42 bits per heavy atom. The summed E-state index contributed by atoms with van der Waals surface area (Å²) in [5.74, 6) is 0. The van der Waals surface area contributed by atoms with Crippen LogP contribution in [0.4, 0.5) is 0 Å². The highest BCUT2D eigenvalue weighted by Gasteiger charge is 1.84. The molecule has 0 heterocycles. The Kier molecular flexibility index (Phi) is 14.6. The lowest BCUT2D eigenvalue weighted by molar-refractivity contribution is 0.922. The van der Waals surface area contributed by atoms with Crippen molar-refractivity contribution < 1.29 is 0 Å². The van der Waals surface area contributed by atoms with E-state index in [-0.39, 0.29) is 0 Å². The topological polar surface area (TPSA) is 12.4 Å². The van der Waals surface area contributed by atoms with Crippen LogP contribution in [0, 0.1) is 6.92 Å². The number of rotatable bonds is 4. The largest absolute Gasteiger partial charge is 0.262 e. The first-order chi connectivity index (χ1) is 12.5. The molecule has 0 radical (unpaired) electrons. The summed E-state index contributed by atoms with van der Waals surface area (Å²) in [5, 5.41) is 0. The molecule has 0 fully saturated rings. The average molecular weight is 350 g/mol. The molecule has 0 saturated carbocycles. The molecule has 0 bridgehead atoms. The van der Waals surface area contributed by atoms with Crippen molar-refractivity contribution in [1.29, 1.82) is 0 Å². The van der Waals surface area contributed by atoms with E-state index in [2.05, 4.69) is 61.3 Å². The maximum Gasteiger partial charge on any atom is 0.0369 e. The van der Waals surface area contributed by atoms with E-state index in [0.29, 0.717) is 0 Å². The van der Waals surface area contributed by atoms with E-state index in [1.807, 2.05) is 64.2 Å². The van der Waals surface area contributed by atoms with E-state index >= 15 is 0 Å². The van der Waals surface area contributed by atoms with Crippen LogP contribution in [-0.4, -0.2) is 5.71 Å². The minimum Gasteiger partial charge on any atom is -0.262 e. The van der Waals surface area contributed by atoms with Crippen molar-refractivity contribution in [1.82, 2.24) is 0 Å². The molecule has 2 rings (SSSR count). The summed E-state index contributed by atoms with van der Waals surface area (Å²) in [4.78, 5) is 4.18. The van der Waals surface area contributed by atoms with Crippen molar-refractivity contribution in [2.45, 2.75) is 54.4 Å². The summed E-state index contributed by atoms with van der Waals surface area (Å²) >= 11 is 0. The van der Waals surface area contributed by atoms with Gasteiger partial charge in [0, 0.05) is 11.9 Å². The minimum atomic E-state index is 1.05. The number of hydrogen-bond acceptors (Lipinski definition) is 1. The number of aliphatic imine (C=N–C) groups is 1. The highest BCUT2D eigenvalue weighted by atomic mass is 14.7. The Hall–Kier alpha value is -2.41. The van der Waals surface area contributed by atoms with Crippen LogP contribution in [0.1, 0.15) is 52.2 Å². The molecule has 1 heteroatoms. The van der Waals surface area contributed by atoms with Gasteiger partial charge in [-0.3, -0.25) is 4.99 Å². The molecule has 0 amide bonds. The van der Waals surface area contributed by atoms with Crippen molar-refractivity contribution >= 4 is 5.71 Å². The molecule has 0 unspecified atom stereocenters. The molecule has 0 aliphatic rings. The smallest absolute Gasteiger partial charge is 0.0369 e. The van der Waals surface area contributed by atoms with Crippen LogP contribution >= 0.6 is 0 Å². The molecular formula is C25H35N. The SMILES string of the molecule is C/C=C\C(C)=NC=C(C)C.CCCc1ccccc1.Cc1ccccc1. The number of hydrogen-bond donors (Lipinski definition) is 0. The Balaban J connectivity index is 0.000000365. The monoisotopic (exact) mass is 349 g/mol. The number of nitrogens with zero attached hydrogens (tertiary/aromatic N) is 1. The zero-order valence-corrected chi connectivity index (χ0v) is 17.4. The van der Waals surface area contributed by atoms with Gasteiger partial charge in [0.15, 0.2) is 0 Å². The van der Waals surface area contributed by atoms with Gasteiger partial charge in [0.05, 0.1) is 0 Å². The zero-order valence-electron chi connectivity index (χ0n) is 17.4. The summed E-state index contributed by atoms with van der Waals surface area (Å²) in [5.41, 5.74) is 5.04. The fourth-order valence-corrected chi connectivity index (χ4v) is 1.98. The van der Waals surface area contributed by atoms with E-state index in [0.717, 1.165) is 5.71 Å². The van der Waals surface area contributed by atoms with Crippen LogP contribution in [0.2, 0.25) is 0 Å². The molecule has 1 nitrogen and oxygen atoms in total. The quantitative estimate of drug-likeness (QED) is 0.504. The summed E-state index contributed by atoms with van der Waals surface area (Å²) in [6, 6.07) is 20.8. The number of allylic oxidation sites excluding steroid dienone is 3. The van der Waals surface area contributed by atoms with Gasteiger partial charge in [0.2, 0.25) is 0 Å². The lowest BCUT2D eigenvalue weighted by atomic mass is 10.1. The number of benzene rings is 2. The van der Waals surface area contributed by atoms with Gasteiger partial charge in [-0.25, -0.2) is 0 Å². The van der Waals surface area contributed by atoms with Crippen LogP contribution in [-0.2, 0) is 6.42 Å². The zero-order chi connectivity index (χ0) is 19.6. The predicted octanol–water partition coefficient (Wildman–Crippen LogP) is 7.58. The highest BCUT2D eigenvalue weighted by molar-refractivity contribution is 5.93. The molecule has 0 aromatic heterocycles. The fraction of sp³-hybridized carbons (Fsp3) is 0.320. The van der Waals surface area contributed by atoms with E-state index in [9.17, 15) is 0 Å². The molecule has 0 spiro atoms. The second-order valence-corrected chi connectivity index (χ2v) is 6.37. The Bertz CT molecular complexity index is 645. The molecular weight excluding hydrogens is 314 g/mol. The van der Waals surface area contributed by atoms with Crippen LogP contribution in [0.5, 0.6) is 0 Å². The Morgan fingerprint density at radius 3 is 1.81 bits per heavy atom. The van der Waals surface area contributed by atoms with Crippen molar-refractivity contribution in [3.8, 4) is 0 Å². The molecule has 0 saturated heterocycles. The lowest BCUT2D eigenvalue weighted by Gasteiger charge is -1.93. The van der Waals surface area contributed by atoms with Crippen molar-refractivity contribution in [3.05, 3.63) is 95.7 Å². The first kappa shape index (κ1) is 23.6. The van der Waals surface area contributed by atoms with Gasteiger partial charge in [-0.1, -0.05) is 91.2 Å². The molecule has 0 atom stereocenters. The van der Waals surface area contributed by atoms with Gasteiger partial charge in [-0.2, -0.15) is 0 Å². The van der Waals surface area contributed by atoms with Gasteiger partial charge in [-0.05, 0) is 52.7 Å². The second kappa shape index (κ2) is 16.1. The summed E-state index contributed by atoms with van der Waals surface area (Å²) in [7, 11) is 0. The molecule has 2 aromatic rings. The van der Waals surface area contributed by atoms with Gasteiger partial charge in [-0.15, -0.1) is 0 Å². The lowest BCUT2D eigenvalue weighted by Crippen LogP contribution is -1.80. The molecule has 0 N–H and O–H groups in total. The van der Waals surface area contributed by atoms with Crippen LogP contribution in [0.3, 0.4) is 0 Å². The van der Waals surface area contributed by atoms with Gasteiger partial charge >= 0.3 is 0 Å². The Labute approximate surface area is 161 Å². The average Bonchev–Trinajstić information content (AvgIpc) is 2.63. The van der Waals surface area contributed by atoms with Crippen LogP contribution < -0.4 is 0 Å². The minimum absolute atomic E-state index is 1.05. The molecule has 0 aliphatic carbocycles. The number of aryl methyl sites for hydroxylation is 2. The third kappa shape index (κ3) is 15.1. The van der Waals surface area contributed by atoms with Crippen molar-refractivity contribution in [2.24, 2.45) is 4.99 Å². The van der Waals surface area contributed by atoms with Crippen LogP contribution in [0.25, 0.3) is 0 Å². The van der Waals surface area contributed by atoms with E-state index in [4.69, 9.17) is 0 Å². The van der Waals surface area contributed by atoms with E-state index in [1.165, 1.54) is 29.5 Å². The maximum atomic E-state index is 4.18. The normalized spacial score (nSPS) is 10.3. The van der Waals surface area contributed by atoms with Gasteiger partial charge < -0.3 is 0 Å². The maximum absolute atomic E-state index is 4.18. The van der Waals surface area contributed by atoms with Crippen molar-refractivity contribution in [2.75, 3.05) is 0 Å². The second-order valence-electron chi connectivity index (χ2n) is 6.37. The van der Waals surface area contributed by atoms with E-state index < -0.39 is 0 Å². The third-order valence-electron chi connectivity index (χ3n) is 3.26. The first-order valence-corrected chi connectivity index (χ1v) is 9.35. The summed E-state index contributed by atoms with van der Waals surface area (Å²) in [6.45, 7) is 12.3. The summed E-state index contributed by atoms with van der Waals surface area (Å²) in [6.07, 6.45) is 8.29. The molecule has 2 aromatic carbocycles. The van der Waals surface area contributed by atoms with Gasteiger partial charge in [0.25, 0.3) is 0 Å². The molecule has 0 aliphatic heterocycles. The molecule has 26 heavy (non-hydrogen) atoms. The van der Waals surface area contributed by atoms with Crippen molar-refractivity contribution in [3.63, 3.8) is 0 Å². The predicted molar refractivity (Wildman–Crippen MR) is 119 cm³/mol.